The van der Waals surface area contributed by atoms with Crippen molar-refractivity contribution in [2.45, 2.75) is 38.8 Å². The van der Waals surface area contributed by atoms with Crippen molar-refractivity contribution in [1.82, 2.24) is 5.32 Å². The van der Waals surface area contributed by atoms with Crippen LogP contribution in [0.5, 0.6) is 11.5 Å². The first kappa shape index (κ1) is 20.3. The van der Waals surface area contributed by atoms with Gasteiger partial charge in [0.2, 0.25) is 0 Å². The molecule has 2 N–H and O–H groups in total. The highest BCUT2D eigenvalue weighted by atomic mass is 16.5. The number of carboxylic acid groups (broad SMARTS) is 1. The Morgan fingerprint density at radius 3 is 2.19 bits per heavy atom. The van der Waals surface area contributed by atoms with E-state index in [1.165, 1.54) is 0 Å². The molecule has 0 aliphatic carbocycles. The van der Waals surface area contributed by atoms with Gasteiger partial charge < -0.3 is 19.9 Å². The van der Waals surface area contributed by atoms with Gasteiger partial charge in [0, 0.05) is 12.0 Å². The van der Waals surface area contributed by atoms with E-state index >= 15 is 0 Å². The van der Waals surface area contributed by atoms with Gasteiger partial charge in [-0.05, 0) is 38.0 Å². The maximum absolute atomic E-state index is 12.1. The zero-order valence-electron chi connectivity index (χ0n) is 15.6. The number of hydrogen-bond acceptors (Lipinski definition) is 4. The maximum Gasteiger partial charge on any atom is 0.303 e. The second-order valence-corrected chi connectivity index (χ2v) is 6.84. The van der Waals surface area contributed by atoms with Crippen LogP contribution in [-0.2, 0) is 16.2 Å². The minimum absolute atomic E-state index is 0.00963. The van der Waals surface area contributed by atoms with E-state index in [0.717, 1.165) is 5.56 Å². The average Bonchev–Trinajstić information content (AvgIpc) is 2.64. The number of amides is 1. The Bertz CT molecular complexity index is 758. The van der Waals surface area contributed by atoms with E-state index < -0.39 is 11.5 Å². The van der Waals surface area contributed by atoms with Crippen molar-refractivity contribution in [3.63, 3.8) is 0 Å². The predicted octanol–water partition coefficient (Wildman–Crippen LogP) is 3.40. The van der Waals surface area contributed by atoms with Crippen molar-refractivity contribution in [1.29, 1.82) is 0 Å². The summed E-state index contributed by atoms with van der Waals surface area (Å²) in [6, 6.07) is 16.9. The molecule has 0 saturated carbocycles. The third-order valence-electron chi connectivity index (χ3n) is 3.89. The normalized spacial score (nSPS) is 10.9. The zero-order chi connectivity index (χ0) is 19.7. The van der Waals surface area contributed by atoms with E-state index in [9.17, 15) is 9.59 Å². The molecule has 0 aliphatic heterocycles. The molecule has 1 amide bonds. The highest BCUT2D eigenvalue weighted by Crippen LogP contribution is 2.27. The van der Waals surface area contributed by atoms with Crippen LogP contribution in [0.3, 0.4) is 0 Å². The van der Waals surface area contributed by atoms with E-state index in [1.54, 1.807) is 32.0 Å². The van der Waals surface area contributed by atoms with Crippen LogP contribution in [0.15, 0.2) is 54.6 Å². The van der Waals surface area contributed by atoms with Gasteiger partial charge >= 0.3 is 5.97 Å². The molecule has 27 heavy (non-hydrogen) atoms. The fourth-order valence-corrected chi connectivity index (χ4v) is 2.46. The van der Waals surface area contributed by atoms with E-state index in [0.29, 0.717) is 24.5 Å². The highest BCUT2D eigenvalue weighted by Gasteiger charge is 2.22. The molecule has 6 nitrogen and oxygen atoms in total. The Hall–Kier alpha value is -3.02. The Morgan fingerprint density at radius 2 is 1.56 bits per heavy atom. The van der Waals surface area contributed by atoms with E-state index in [4.69, 9.17) is 14.6 Å². The zero-order valence-corrected chi connectivity index (χ0v) is 15.6. The van der Waals surface area contributed by atoms with Crippen molar-refractivity contribution < 1.29 is 24.2 Å². The molecule has 0 saturated heterocycles. The molecule has 0 radical (unpaired) electrons. The fourth-order valence-electron chi connectivity index (χ4n) is 2.46. The largest absolute Gasteiger partial charge is 0.485 e. The monoisotopic (exact) mass is 371 g/mol. The van der Waals surface area contributed by atoms with Gasteiger partial charge in [0.05, 0.1) is 0 Å². The van der Waals surface area contributed by atoms with Gasteiger partial charge in [0.1, 0.15) is 6.61 Å². The number of nitrogens with one attached hydrogen (secondary N) is 1. The van der Waals surface area contributed by atoms with Gasteiger partial charge in [-0.1, -0.05) is 42.5 Å². The fraction of sp³-hybridized carbons (Fsp3) is 0.333. The molecule has 0 unspecified atom stereocenters. The lowest BCUT2D eigenvalue weighted by atomic mass is 9.98. The number of ether oxygens (including phenoxy) is 2. The SMILES string of the molecule is CC(C)(CCC(=O)O)NC(=O)COc1ccccc1OCc1ccccc1. The smallest absolute Gasteiger partial charge is 0.303 e. The maximum atomic E-state index is 12.1. The lowest BCUT2D eigenvalue weighted by Crippen LogP contribution is -2.45. The summed E-state index contributed by atoms with van der Waals surface area (Å²) in [6.45, 7) is 3.79. The van der Waals surface area contributed by atoms with Crippen LogP contribution in [0.4, 0.5) is 0 Å². The Morgan fingerprint density at radius 1 is 0.963 bits per heavy atom. The molecule has 2 aromatic rings. The Labute approximate surface area is 159 Å². The summed E-state index contributed by atoms with van der Waals surface area (Å²) in [5.41, 5.74) is 0.410. The molecular formula is C21H25NO5. The van der Waals surface area contributed by atoms with E-state index in [1.807, 2.05) is 36.4 Å². The minimum Gasteiger partial charge on any atom is -0.485 e. The molecule has 144 valence electrons. The number of hydrogen-bond donors (Lipinski definition) is 2. The number of benzene rings is 2. The summed E-state index contributed by atoms with van der Waals surface area (Å²) in [4.78, 5) is 22.8. The number of carboxylic acids is 1. The second-order valence-electron chi connectivity index (χ2n) is 6.84. The van der Waals surface area contributed by atoms with Crippen LogP contribution in [0, 0.1) is 0 Å². The highest BCUT2D eigenvalue weighted by molar-refractivity contribution is 5.78. The molecule has 0 heterocycles. The van der Waals surface area contributed by atoms with Crippen LogP contribution in [-0.4, -0.2) is 29.1 Å². The Kier molecular flexibility index (Phi) is 7.23. The summed E-state index contributed by atoms with van der Waals surface area (Å²) >= 11 is 0. The molecule has 6 heteroatoms. The molecule has 0 atom stereocenters. The van der Waals surface area contributed by atoms with Crippen LogP contribution in [0.25, 0.3) is 0 Å². The topological polar surface area (TPSA) is 84.9 Å². The molecule has 0 spiro atoms. The van der Waals surface area contributed by atoms with E-state index in [-0.39, 0.29) is 18.9 Å². The van der Waals surface area contributed by atoms with E-state index in [2.05, 4.69) is 5.32 Å². The minimum atomic E-state index is -0.891. The van der Waals surface area contributed by atoms with Gasteiger partial charge in [-0.2, -0.15) is 0 Å². The summed E-state index contributed by atoms with van der Waals surface area (Å²) < 4.78 is 11.4. The van der Waals surface area contributed by atoms with Gasteiger partial charge in [0.25, 0.3) is 5.91 Å². The first-order valence-electron chi connectivity index (χ1n) is 8.77. The van der Waals surface area contributed by atoms with Gasteiger partial charge in [-0.3, -0.25) is 9.59 Å². The van der Waals surface area contributed by atoms with Crippen LogP contribution < -0.4 is 14.8 Å². The molecule has 2 rings (SSSR count). The quantitative estimate of drug-likeness (QED) is 0.669. The third-order valence-corrected chi connectivity index (χ3v) is 3.89. The predicted molar refractivity (Wildman–Crippen MR) is 102 cm³/mol. The summed E-state index contributed by atoms with van der Waals surface area (Å²) in [6.07, 6.45) is 0.329. The molecule has 0 fully saturated rings. The number of para-hydroxylation sites is 2. The van der Waals surface area contributed by atoms with Crippen LogP contribution in [0.2, 0.25) is 0 Å². The van der Waals surface area contributed by atoms with Crippen molar-refractivity contribution in [3.8, 4) is 11.5 Å². The van der Waals surface area contributed by atoms with Crippen molar-refractivity contribution >= 4 is 11.9 Å². The van der Waals surface area contributed by atoms with Crippen molar-refractivity contribution in [2.75, 3.05) is 6.61 Å². The number of carbonyl (C=O) groups excluding carboxylic acids is 1. The molecule has 0 aromatic heterocycles. The van der Waals surface area contributed by atoms with Crippen LogP contribution >= 0.6 is 0 Å². The first-order chi connectivity index (χ1) is 12.9. The average molecular weight is 371 g/mol. The molecule has 2 aromatic carbocycles. The Balaban J connectivity index is 1.88. The standard InChI is InChI=1S/C21H25NO5/c1-21(2,13-12-20(24)25)22-19(23)15-27-18-11-7-6-10-17(18)26-14-16-8-4-3-5-9-16/h3-11H,12-15H2,1-2H3,(H,22,23)(H,24,25). The van der Waals surface area contributed by atoms with Crippen LogP contribution in [0.1, 0.15) is 32.3 Å². The molecule has 0 bridgehead atoms. The first-order valence-corrected chi connectivity index (χ1v) is 8.77. The third kappa shape index (κ3) is 7.40. The van der Waals surface area contributed by atoms with Gasteiger partial charge in [-0.25, -0.2) is 0 Å². The lowest BCUT2D eigenvalue weighted by molar-refractivity contribution is -0.138. The number of carbonyl (C=O) groups is 2. The molecular weight excluding hydrogens is 346 g/mol. The number of rotatable bonds is 10. The van der Waals surface area contributed by atoms with Gasteiger partial charge in [0.15, 0.2) is 18.1 Å². The van der Waals surface area contributed by atoms with Gasteiger partial charge in [-0.15, -0.1) is 0 Å². The second kappa shape index (κ2) is 9.62. The summed E-state index contributed by atoms with van der Waals surface area (Å²) in [5.74, 6) is -0.174. The van der Waals surface area contributed by atoms with Crippen molar-refractivity contribution in [2.24, 2.45) is 0 Å². The van der Waals surface area contributed by atoms with Crippen molar-refractivity contribution in [3.05, 3.63) is 60.2 Å². The summed E-state index contributed by atoms with van der Waals surface area (Å²) in [7, 11) is 0. The number of aliphatic carboxylic acids is 1. The molecule has 0 aliphatic rings. The summed E-state index contributed by atoms with van der Waals surface area (Å²) in [5, 5.41) is 11.6. The lowest BCUT2D eigenvalue weighted by Gasteiger charge is -2.25.